The number of amides is 1. The van der Waals surface area contributed by atoms with Gasteiger partial charge in [-0.25, -0.2) is 0 Å². The molecule has 1 rings (SSSR count). The molecule has 3 N–H and O–H groups in total. The summed E-state index contributed by atoms with van der Waals surface area (Å²) in [5.74, 6) is -0.202. The van der Waals surface area contributed by atoms with Crippen LogP contribution in [0.3, 0.4) is 0 Å². The van der Waals surface area contributed by atoms with Crippen LogP contribution in [0.15, 0.2) is 0 Å². The molecule has 0 saturated carbocycles. The van der Waals surface area contributed by atoms with Gasteiger partial charge in [0.2, 0.25) is 5.91 Å². The molecule has 1 aliphatic rings. The van der Waals surface area contributed by atoms with Crippen molar-refractivity contribution in [2.75, 3.05) is 16.8 Å². The molecule has 0 aromatic heterocycles. The lowest BCUT2D eigenvalue weighted by molar-refractivity contribution is -0.141. The van der Waals surface area contributed by atoms with E-state index in [9.17, 15) is 9.59 Å². The van der Waals surface area contributed by atoms with Crippen molar-refractivity contribution in [2.24, 2.45) is 5.73 Å². The number of thioether (sulfide) groups is 2. The Hall–Kier alpha value is -0.400. The Morgan fingerprint density at radius 2 is 2.00 bits per heavy atom. The van der Waals surface area contributed by atoms with Gasteiger partial charge in [0.05, 0.1) is 6.42 Å². The van der Waals surface area contributed by atoms with E-state index in [1.807, 2.05) is 0 Å². The summed E-state index contributed by atoms with van der Waals surface area (Å²) in [6.07, 6.45) is -0.212. The molecule has 0 aromatic carbocycles. The van der Waals surface area contributed by atoms with Gasteiger partial charge in [0.15, 0.2) is 0 Å². The molecular formula is C7H12N2O3S2. The van der Waals surface area contributed by atoms with E-state index in [-0.39, 0.29) is 6.42 Å². The summed E-state index contributed by atoms with van der Waals surface area (Å²) in [5.41, 5.74) is 5.15. The van der Waals surface area contributed by atoms with E-state index in [0.717, 1.165) is 5.08 Å². The van der Waals surface area contributed by atoms with E-state index in [0.29, 0.717) is 11.8 Å². The predicted octanol–water partition coefficient (Wildman–Crippen LogP) is -0.0305. The number of carboxylic acid groups (broad SMARTS) is 1. The molecule has 0 radical (unpaired) electrons. The molecule has 1 saturated heterocycles. The van der Waals surface area contributed by atoms with Gasteiger partial charge in [-0.15, -0.1) is 23.5 Å². The number of rotatable bonds is 4. The minimum absolute atomic E-state index is 0.212. The summed E-state index contributed by atoms with van der Waals surface area (Å²) in [7, 11) is 0. The van der Waals surface area contributed by atoms with Crippen LogP contribution in [-0.4, -0.2) is 44.8 Å². The van der Waals surface area contributed by atoms with Gasteiger partial charge < -0.3 is 10.8 Å². The number of hydrogen-bond donors (Lipinski definition) is 2. The number of carbonyl (C=O) groups is 2. The SMILES string of the molecule is NC(=O)C(CC(=O)O)N1CSCSC1. The number of nitrogens with two attached hydrogens (primary N) is 1. The maximum Gasteiger partial charge on any atom is 0.305 e. The summed E-state index contributed by atoms with van der Waals surface area (Å²) in [5, 5.41) is 9.60. The highest BCUT2D eigenvalue weighted by Crippen LogP contribution is 2.24. The highest BCUT2D eigenvalue weighted by molar-refractivity contribution is 8.16. The van der Waals surface area contributed by atoms with E-state index < -0.39 is 17.9 Å². The Labute approximate surface area is 90.4 Å². The van der Waals surface area contributed by atoms with Crippen molar-refractivity contribution in [2.45, 2.75) is 12.5 Å². The van der Waals surface area contributed by atoms with Gasteiger partial charge in [-0.1, -0.05) is 0 Å². The Kier molecular flexibility index (Phi) is 4.56. The van der Waals surface area contributed by atoms with E-state index >= 15 is 0 Å². The zero-order valence-electron chi connectivity index (χ0n) is 7.51. The van der Waals surface area contributed by atoms with Gasteiger partial charge in [0.1, 0.15) is 6.04 Å². The van der Waals surface area contributed by atoms with Crippen LogP contribution in [0, 0.1) is 0 Å². The second kappa shape index (κ2) is 5.47. The molecule has 0 spiro atoms. The minimum Gasteiger partial charge on any atom is -0.481 e. The van der Waals surface area contributed by atoms with Crippen LogP contribution in [0.4, 0.5) is 0 Å². The van der Waals surface area contributed by atoms with Gasteiger partial charge in [0, 0.05) is 16.8 Å². The molecule has 7 heteroatoms. The summed E-state index contributed by atoms with van der Waals surface area (Å²) in [6, 6.07) is -0.673. The van der Waals surface area contributed by atoms with Crippen molar-refractivity contribution in [3.8, 4) is 0 Å². The normalized spacial score (nSPS) is 20.3. The third-order valence-corrected chi connectivity index (χ3v) is 4.18. The van der Waals surface area contributed by atoms with Crippen LogP contribution in [0.2, 0.25) is 0 Å². The van der Waals surface area contributed by atoms with Crippen molar-refractivity contribution in [3.63, 3.8) is 0 Å². The molecule has 0 aliphatic carbocycles. The largest absolute Gasteiger partial charge is 0.481 e. The maximum absolute atomic E-state index is 11.0. The van der Waals surface area contributed by atoms with Crippen molar-refractivity contribution >= 4 is 35.4 Å². The first-order valence-electron chi connectivity index (χ1n) is 4.02. The molecule has 1 amide bonds. The van der Waals surface area contributed by atoms with Crippen LogP contribution in [0.5, 0.6) is 0 Å². The molecule has 1 atom stereocenters. The van der Waals surface area contributed by atoms with Crippen molar-refractivity contribution in [1.29, 1.82) is 0 Å². The van der Waals surface area contributed by atoms with Gasteiger partial charge in [-0.05, 0) is 0 Å². The minimum atomic E-state index is -0.991. The number of aliphatic carboxylic acids is 1. The second-order valence-corrected chi connectivity index (χ2v) is 5.16. The Morgan fingerprint density at radius 1 is 1.43 bits per heavy atom. The van der Waals surface area contributed by atoms with Gasteiger partial charge in [-0.3, -0.25) is 14.5 Å². The highest BCUT2D eigenvalue weighted by atomic mass is 32.2. The van der Waals surface area contributed by atoms with Crippen LogP contribution in [0.1, 0.15) is 6.42 Å². The molecule has 5 nitrogen and oxygen atoms in total. The first kappa shape index (κ1) is 11.7. The fourth-order valence-electron chi connectivity index (χ4n) is 1.16. The van der Waals surface area contributed by atoms with Gasteiger partial charge in [0.25, 0.3) is 0 Å². The smallest absolute Gasteiger partial charge is 0.305 e. The summed E-state index contributed by atoms with van der Waals surface area (Å²) < 4.78 is 0. The van der Waals surface area contributed by atoms with Crippen LogP contribution >= 0.6 is 23.5 Å². The van der Waals surface area contributed by atoms with Crippen LogP contribution < -0.4 is 5.73 Å². The summed E-state index contributed by atoms with van der Waals surface area (Å²) in [4.78, 5) is 23.3. The Morgan fingerprint density at radius 3 is 2.43 bits per heavy atom. The molecule has 14 heavy (non-hydrogen) atoms. The number of carbonyl (C=O) groups excluding carboxylic acids is 1. The van der Waals surface area contributed by atoms with Crippen molar-refractivity contribution < 1.29 is 14.7 Å². The fourth-order valence-corrected chi connectivity index (χ4v) is 3.35. The lowest BCUT2D eigenvalue weighted by Crippen LogP contribution is -2.46. The standard InChI is InChI=1S/C7H12N2O3S2/c8-7(12)5(1-6(10)11)9-2-13-4-14-3-9/h5H,1-4H2,(H2,8,12)(H,10,11). The predicted molar refractivity (Wildman–Crippen MR) is 56.9 cm³/mol. The second-order valence-electron chi connectivity index (χ2n) is 2.89. The molecule has 80 valence electrons. The third-order valence-electron chi connectivity index (χ3n) is 1.82. The Balaban J connectivity index is 2.56. The first-order valence-corrected chi connectivity index (χ1v) is 6.33. The zero-order valence-corrected chi connectivity index (χ0v) is 9.14. The number of primary amides is 1. The molecule has 1 heterocycles. The van der Waals surface area contributed by atoms with Crippen molar-refractivity contribution in [1.82, 2.24) is 4.90 Å². The molecule has 0 bridgehead atoms. The van der Waals surface area contributed by atoms with Gasteiger partial charge in [-0.2, -0.15) is 0 Å². The molecule has 1 aliphatic heterocycles. The summed E-state index contributed by atoms with van der Waals surface area (Å²) >= 11 is 3.33. The lowest BCUT2D eigenvalue weighted by Gasteiger charge is -2.30. The fraction of sp³-hybridized carbons (Fsp3) is 0.714. The molecule has 1 unspecified atom stereocenters. The average molecular weight is 236 g/mol. The topological polar surface area (TPSA) is 83.6 Å². The quantitative estimate of drug-likeness (QED) is 0.713. The van der Waals surface area contributed by atoms with E-state index in [1.54, 1.807) is 28.4 Å². The molecule has 0 aromatic rings. The number of hydrogen-bond acceptors (Lipinski definition) is 5. The molecule has 1 fully saturated rings. The highest BCUT2D eigenvalue weighted by Gasteiger charge is 2.27. The van der Waals surface area contributed by atoms with E-state index in [2.05, 4.69) is 0 Å². The zero-order chi connectivity index (χ0) is 10.6. The average Bonchev–Trinajstić information content (AvgIpc) is 2.15. The Bertz CT molecular complexity index is 231. The lowest BCUT2D eigenvalue weighted by atomic mass is 10.2. The molecular weight excluding hydrogens is 224 g/mol. The monoisotopic (exact) mass is 236 g/mol. The third kappa shape index (κ3) is 3.39. The number of nitrogens with zero attached hydrogens (tertiary/aromatic N) is 1. The van der Waals surface area contributed by atoms with Crippen LogP contribution in [-0.2, 0) is 9.59 Å². The first-order chi connectivity index (χ1) is 6.61. The van der Waals surface area contributed by atoms with Crippen LogP contribution in [0.25, 0.3) is 0 Å². The summed E-state index contributed by atoms with van der Waals surface area (Å²) in [6.45, 7) is 0. The maximum atomic E-state index is 11.0. The van der Waals surface area contributed by atoms with E-state index in [1.165, 1.54) is 0 Å². The van der Waals surface area contributed by atoms with E-state index in [4.69, 9.17) is 10.8 Å². The van der Waals surface area contributed by atoms with Crippen molar-refractivity contribution in [3.05, 3.63) is 0 Å². The number of carboxylic acids is 1. The van der Waals surface area contributed by atoms with Gasteiger partial charge >= 0.3 is 5.97 Å².